The molecule has 0 aromatic heterocycles. The summed E-state index contributed by atoms with van der Waals surface area (Å²) in [4.78, 5) is 37.3. The first-order valence-corrected chi connectivity index (χ1v) is 8.16. The van der Waals surface area contributed by atoms with Gasteiger partial charge in [0.1, 0.15) is 11.6 Å². The van der Waals surface area contributed by atoms with Gasteiger partial charge in [0.25, 0.3) is 0 Å². The predicted octanol–water partition coefficient (Wildman–Crippen LogP) is 1.32. The van der Waals surface area contributed by atoms with Crippen LogP contribution in [0.25, 0.3) is 0 Å². The van der Waals surface area contributed by atoms with Crippen LogP contribution in [-0.2, 0) is 14.3 Å². The van der Waals surface area contributed by atoms with E-state index in [1.807, 2.05) is 0 Å². The Bertz CT molecular complexity index is 445. The quantitative estimate of drug-likeness (QED) is 0.564. The molecule has 8 heteroatoms. The number of ether oxygens (including phenoxy) is 1. The van der Waals surface area contributed by atoms with E-state index in [0.717, 1.165) is 0 Å². The van der Waals surface area contributed by atoms with Crippen molar-refractivity contribution in [3.63, 3.8) is 0 Å². The molecular weight excluding hydrogens is 314 g/mol. The standard InChI is InChI=1S/C16H31N3O5/c1-10(2)12(18)13(20)19(15(23)24-16(3,4)5)11(14(21)22)8-6-7-9-17/h10-12H,6-9,17-18H2,1-5H3,(H,21,22). The average Bonchev–Trinajstić information content (AvgIpc) is 2.42. The minimum atomic E-state index is -1.33. The van der Waals surface area contributed by atoms with Crippen molar-refractivity contribution in [1.29, 1.82) is 0 Å². The number of carboxylic acids is 1. The number of nitrogens with zero attached hydrogens (tertiary/aromatic N) is 1. The fourth-order valence-corrected chi connectivity index (χ4v) is 1.97. The molecule has 5 N–H and O–H groups in total. The third kappa shape index (κ3) is 7.27. The van der Waals surface area contributed by atoms with Crippen molar-refractivity contribution in [2.24, 2.45) is 17.4 Å². The summed E-state index contributed by atoms with van der Waals surface area (Å²) in [5.74, 6) is -2.28. The van der Waals surface area contributed by atoms with E-state index in [9.17, 15) is 19.5 Å². The number of nitrogens with two attached hydrogens (primary N) is 2. The molecular formula is C16H31N3O5. The van der Waals surface area contributed by atoms with Crippen LogP contribution in [0.4, 0.5) is 4.79 Å². The molecule has 0 fully saturated rings. The Hall–Kier alpha value is -1.67. The average molecular weight is 345 g/mol. The topological polar surface area (TPSA) is 136 Å². The third-order valence-corrected chi connectivity index (χ3v) is 3.36. The smallest absolute Gasteiger partial charge is 0.417 e. The summed E-state index contributed by atoms with van der Waals surface area (Å²) in [6, 6.07) is -2.32. The zero-order valence-electron chi connectivity index (χ0n) is 15.2. The number of unbranched alkanes of at least 4 members (excludes halogenated alkanes) is 1. The van der Waals surface area contributed by atoms with Gasteiger partial charge in [0.2, 0.25) is 5.91 Å². The van der Waals surface area contributed by atoms with Gasteiger partial charge in [-0.25, -0.2) is 14.5 Å². The lowest BCUT2D eigenvalue weighted by atomic mass is 10.0. The van der Waals surface area contributed by atoms with Crippen LogP contribution in [0, 0.1) is 5.92 Å². The fraction of sp³-hybridized carbons (Fsp3) is 0.812. The Morgan fingerprint density at radius 2 is 1.71 bits per heavy atom. The largest absolute Gasteiger partial charge is 0.480 e. The molecule has 2 amide bonds. The van der Waals surface area contributed by atoms with Crippen molar-refractivity contribution >= 4 is 18.0 Å². The Labute approximate surface area is 143 Å². The highest BCUT2D eigenvalue weighted by Crippen LogP contribution is 2.18. The van der Waals surface area contributed by atoms with Gasteiger partial charge in [0.05, 0.1) is 6.04 Å². The van der Waals surface area contributed by atoms with Crippen LogP contribution in [0.15, 0.2) is 0 Å². The molecule has 0 bridgehead atoms. The predicted molar refractivity (Wildman–Crippen MR) is 90.2 cm³/mol. The van der Waals surface area contributed by atoms with Gasteiger partial charge >= 0.3 is 12.1 Å². The molecule has 140 valence electrons. The molecule has 0 saturated heterocycles. The normalized spacial score (nSPS) is 14.2. The van der Waals surface area contributed by atoms with Gasteiger partial charge < -0.3 is 21.3 Å². The van der Waals surface area contributed by atoms with Crippen molar-refractivity contribution in [1.82, 2.24) is 4.90 Å². The molecule has 0 radical (unpaired) electrons. The lowest BCUT2D eigenvalue weighted by molar-refractivity contribution is -0.150. The highest BCUT2D eigenvalue weighted by atomic mass is 16.6. The van der Waals surface area contributed by atoms with Crippen molar-refractivity contribution in [3.8, 4) is 0 Å². The molecule has 24 heavy (non-hydrogen) atoms. The SMILES string of the molecule is CC(C)C(N)C(=O)N(C(=O)OC(C)(C)C)C(CCCCN)C(=O)O. The summed E-state index contributed by atoms with van der Waals surface area (Å²) in [7, 11) is 0. The molecule has 0 aliphatic rings. The van der Waals surface area contributed by atoms with E-state index in [-0.39, 0.29) is 12.3 Å². The van der Waals surface area contributed by atoms with E-state index in [4.69, 9.17) is 16.2 Å². The summed E-state index contributed by atoms with van der Waals surface area (Å²) < 4.78 is 5.21. The molecule has 0 rings (SSSR count). The van der Waals surface area contributed by atoms with Gasteiger partial charge in [-0.3, -0.25) is 4.79 Å². The first kappa shape index (κ1) is 22.3. The minimum absolute atomic E-state index is 0.0995. The van der Waals surface area contributed by atoms with E-state index < -0.39 is 35.7 Å². The molecule has 0 saturated carbocycles. The molecule has 0 heterocycles. The molecule has 0 aromatic rings. The number of aliphatic carboxylic acids is 1. The van der Waals surface area contributed by atoms with Crippen molar-refractivity contribution in [2.45, 2.75) is 71.6 Å². The van der Waals surface area contributed by atoms with E-state index in [1.165, 1.54) is 0 Å². The maximum Gasteiger partial charge on any atom is 0.417 e. The van der Waals surface area contributed by atoms with Gasteiger partial charge in [-0.2, -0.15) is 0 Å². The van der Waals surface area contributed by atoms with Crippen LogP contribution >= 0.6 is 0 Å². The molecule has 2 atom stereocenters. The van der Waals surface area contributed by atoms with Crippen molar-refractivity contribution in [3.05, 3.63) is 0 Å². The van der Waals surface area contributed by atoms with Crippen LogP contribution in [0.2, 0.25) is 0 Å². The van der Waals surface area contributed by atoms with Gasteiger partial charge in [0.15, 0.2) is 0 Å². The van der Waals surface area contributed by atoms with Crippen LogP contribution in [0.5, 0.6) is 0 Å². The van der Waals surface area contributed by atoms with E-state index in [1.54, 1.807) is 34.6 Å². The first-order chi connectivity index (χ1) is 10.9. The first-order valence-electron chi connectivity index (χ1n) is 8.16. The van der Waals surface area contributed by atoms with E-state index in [2.05, 4.69) is 0 Å². The second-order valence-electron chi connectivity index (χ2n) is 7.10. The lowest BCUT2D eigenvalue weighted by Gasteiger charge is -2.32. The minimum Gasteiger partial charge on any atom is -0.480 e. The number of carbonyl (C=O) groups is 3. The number of amides is 2. The number of carboxylic acid groups (broad SMARTS) is 1. The molecule has 8 nitrogen and oxygen atoms in total. The van der Waals surface area contributed by atoms with Crippen LogP contribution < -0.4 is 11.5 Å². The van der Waals surface area contributed by atoms with Gasteiger partial charge in [0, 0.05) is 0 Å². The fourth-order valence-electron chi connectivity index (χ4n) is 1.97. The van der Waals surface area contributed by atoms with Crippen LogP contribution in [0.1, 0.15) is 53.9 Å². The maximum atomic E-state index is 12.6. The zero-order chi connectivity index (χ0) is 19.1. The Morgan fingerprint density at radius 3 is 2.08 bits per heavy atom. The van der Waals surface area contributed by atoms with Crippen LogP contribution in [0.3, 0.4) is 0 Å². The highest BCUT2D eigenvalue weighted by Gasteiger charge is 2.39. The Morgan fingerprint density at radius 1 is 1.17 bits per heavy atom. The van der Waals surface area contributed by atoms with Gasteiger partial charge in [-0.05, 0) is 52.5 Å². The second-order valence-corrected chi connectivity index (χ2v) is 7.10. The number of hydrogen-bond acceptors (Lipinski definition) is 6. The summed E-state index contributed by atoms with van der Waals surface area (Å²) in [6.45, 7) is 8.76. The maximum absolute atomic E-state index is 12.6. The number of carbonyl (C=O) groups excluding carboxylic acids is 2. The summed E-state index contributed by atoms with van der Waals surface area (Å²) in [6.07, 6.45) is 0.166. The van der Waals surface area contributed by atoms with E-state index >= 15 is 0 Å². The second kappa shape index (κ2) is 9.58. The monoisotopic (exact) mass is 345 g/mol. The molecule has 2 unspecified atom stereocenters. The summed E-state index contributed by atoms with van der Waals surface area (Å²) in [5, 5.41) is 9.49. The molecule has 0 aliphatic heterocycles. The molecule has 0 aliphatic carbocycles. The van der Waals surface area contributed by atoms with Gasteiger partial charge in [-0.15, -0.1) is 0 Å². The molecule has 0 aromatic carbocycles. The van der Waals surface area contributed by atoms with E-state index in [0.29, 0.717) is 24.3 Å². The summed E-state index contributed by atoms with van der Waals surface area (Å²) in [5.41, 5.74) is 10.4. The number of rotatable bonds is 8. The number of imide groups is 1. The van der Waals surface area contributed by atoms with Crippen molar-refractivity contribution < 1.29 is 24.2 Å². The van der Waals surface area contributed by atoms with Crippen molar-refractivity contribution in [2.75, 3.05) is 6.54 Å². The summed E-state index contributed by atoms with van der Waals surface area (Å²) >= 11 is 0. The lowest BCUT2D eigenvalue weighted by Crippen LogP contribution is -2.56. The molecule has 0 spiro atoms. The zero-order valence-corrected chi connectivity index (χ0v) is 15.2. The Balaban J connectivity index is 5.58. The van der Waals surface area contributed by atoms with Crippen LogP contribution in [-0.4, -0.2) is 52.2 Å². The third-order valence-electron chi connectivity index (χ3n) is 3.36. The van der Waals surface area contributed by atoms with Gasteiger partial charge in [-0.1, -0.05) is 13.8 Å². The number of hydrogen-bond donors (Lipinski definition) is 3. The Kier molecular flexibility index (Phi) is 8.92. The highest BCUT2D eigenvalue weighted by molar-refractivity contribution is 5.99.